The summed E-state index contributed by atoms with van der Waals surface area (Å²) in [5.74, 6) is 0.604. The highest BCUT2D eigenvalue weighted by Crippen LogP contribution is 2.24. The van der Waals surface area contributed by atoms with E-state index in [0.29, 0.717) is 17.6 Å². The summed E-state index contributed by atoms with van der Waals surface area (Å²) in [6, 6.07) is 11.2. The van der Waals surface area contributed by atoms with Gasteiger partial charge in [0.1, 0.15) is 11.6 Å². The first-order chi connectivity index (χ1) is 9.60. The van der Waals surface area contributed by atoms with Crippen LogP contribution in [0.5, 0.6) is 5.75 Å². The van der Waals surface area contributed by atoms with Crippen molar-refractivity contribution in [2.75, 3.05) is 11.9 Å². The molecular formula is C16H17BrFNO. The SMILES string of the molecule is CCOc1ccc(CNc2cc(F)c(Br)cc2C)cc1. The van der Waals surface area contributed by atoms with Crippen LogP contribution in [0.1, 0.15) is 18.1 Å². The van der Waals surface area contributed by atoms with Crippen LogP contribution in [0.4, 0.5) is 10.1 Å². The van der Waals surface area contributed by atoms with Gasteiger partial charge >= 0.3 is 0 Å². The molecule has 20 heavy (non-hydrogen) atoms. The van der Waals surface area contributed by atoms with Crippen molar-refractivity contribution in [1.82, 2.24) is 0 Å². The van der Waals surface area contributed by atoms with E-state index in [-0.39, 0.29) is 5.82 Å². The second-order valence-corrected chi connectivity index (χ2v) is 5.37. The van der Waals surface area contributed by atoms with Gasteiger partial charge in [0.15, 0.2) is 0 Å². The van der Waals surface area contributed by atoms with Gasteiger partial charge < -0.3 is 10.1 Å². The van der Waals surface area contributed by atoms with Crippen LogP contribution >= 0.6 is 15.9 Å². The summed E-state index contributed by atoms with van der Waals surface area (Å²) >= 11 is 3.18. The number of rotatable bonds is 5. The lowest BCUT2D eigenvalue weighted by Crippen LogP contribution is -2.02. The average molecular weight is 338 g/mol. The van der Waals surface area contributed by atoms with Crippen LogP contribution in [0.3, 0.4) is 0 Å². The molecule has 0 bridgehead atoms. The van der Waals surface area contributed by atoms with Crippen molar-refractivity contribution in [2.45, 2.75) is 20.4 Å². The summed E-state index contributed by atoms with van der Waals surface area (Å²) in [7, 11) is 0. The van der Waals surface area contributed by atoms with Gasteiger partial charge in [0.25, 0.3) is 0 Å². The molecule has 0 amide bonds. The fourth-order valence-electron chi connectivity index (χ4n) is 1.90. The quantitative estimate of drug-likeness (QED) is 0.837. The number of benzene rings is 2. The molecule has 0 spiro atoms. The molecule has 2 rings (SSSR count). The maximum atomic E-state index is 13.5. The van der Waals surface area contributed by atoms with Gasteiger partial charge in [-0.25, -0.2) is 4.39 Å². The maximum absolute atomic E-state index is 13.5. The minimum Gasteiger partial charge on any atom is -0.494 e. The van der Waals surface area contributed by atoms with E-state index in [4.69, 9.17) is 4.74 Å². The zero-order chi connectivity index (χ0) is 14.5. The molecule has 0 saturated carbocycles. The number of ether oxygens (including phenoxy) is 1. The van der Waals surface area contributed by atoms with Crippen molar-refractivity contribution >= 4 is 21.6 Å². The Labute approximate surface area is 127 Å². The molecule has 0 aliphatic rings. The van der Waals surface area contributed by atoms with Crippen molar-refractivity contribution in [3.63, 3.8) is 0 Å². The number of nitrogens with one attached hydrogen (secondary N) is 1. The van der Waals surface area contributed by atoms with Crippen molar-refractivity contribution < 1.29 is 9.13 Å². The Kier molecular flexibility index (Phi) is 5.01. The van der Waals surface area contributed by atoms with Gasteiger partial charge in [-0.3, -0.25) is 0 Å². The minimum absolute atomic E-state index is 0.259. The topological polar surface area (TPSA) is 21.3 Å². The predicted molar refractivity (Wildman–Crippen MR) is 83.8 cm³/mol. The molecule has 2 aromatic carbocycles. The van der Waals surface area contributed by atoms with Gasteiger partial charge in [-0.05, 0) is 65.2 Å². The highest BCUT2D eigenvalue weighted by Gasteiger charge is 2.05. The number of aryl methyl sites for hydroxylation is 1. The van der Waals surface area contributed by atoms with Crippen molar-refractivity contribution in [2.24, 2.45) is 0 Å². The summed E-state index contributed by atoms with van der Waals surface area (Å²) < 4.78 is 19.4. The molecule has 2 nitrogen and oxygen atoms in total. The Bertz CT molecular complexity index is 584. The largest absolute Gasteiger partial charge is 0.494 e. The summed E-state index contributed by atoms with van der Waals surface area (Å²) in [6.45, 7) is 5.22. The first kappa shape index (κ1) is 14.9. The highest BCUT2D eigenvalue weighted by atomic mass is 79.9. The number of hydrogen-bond acceptors (Lipinski definition) is 2. The monoisotopic (exact) mass is 337 g/mol. The van der Waals surface area contributed by atoms with Gasteiger partial charge in [-0.15, -0.1) is 0 Å². The first-order valence-corrected chi connectivity index (χ1v) is 7.30. The molecule has 0 radical (unpaired) electrons. The molecular weight excluding hydrogens is 321 g/mol. The van der Waals surface area contributed by atoms with Gasteiger partial charge in [0, 0.05) is 12.2 Å². The Morgan fingerprint density at radius 3 is 2.55 bits per heavy atom. The lowest BCUT2D eigenvalue weighted by molar-refractivity contribution is 0.340. The molecule has 4 heteroatoms. The first-order valence-electron chi connectivity index (χ1n) is 6.51. The summed E-state index contributed by atoms with van der Waals surface area (Å²) in [6.07, 6.45) is 0. The molecule has 0 atom stereocenters. The van der Waals surface area contributed by atoms with Gasteiger partial charge in [-0.2, -0.15) is 0 Å². The van der Waals surface area contributed by atoms with Crippen molar-refractivity contribution in [1.29, 1.82) is 0 Å². The van der Waals surface area contributed by atoms with Crippen LogP contribution in [-0.4, -0.2) is 6.61 Å². The van der Waals surface area contributed by atoms with Crippen molar-refractivity contribution in [3.05, 3.63) is 57.8 Å². The van der Waals surface area contributed by atoms with E-state index in [1.807, 2.05) is 38.1 Å². The second-order valence-electron chi connectivity index (χ2n) is 4.51. The Morgan fingerprint density at radius 1 is 1.20 bits per heavy atom. The van der Waals surface area contributed by atoms with Gasteiger partial charge in [-0.1, -0.05) is 12.1 Å². The average Bonchev–Trinajstić information content (AvgIpc) is 2.43. The van der Waals surface area contributed by atoms with E-state index in [9.17, 15) is 4.39 Å². The predicted octanol–water partition coefficient (Wildman–Crippen LogP) is 4.91. The third-order valence-electron chi connectivity index (χ3n) is 2.98. The zero-order valence-corrected chi connectivity index (χ0v) is 13.1. The minimum atomic E-state index is -0.259. The zero-order valence-electron chi connectivity index (χ0n) is 11.5. The molecule has 0 aliphatic heterocycles. The second kappa shape index (κ2) is 6.75. The summed E-state index contributed by atoms with van der Waals surface area (Å²) in [4.78, 5) is 0. The van der Waals surface area contributed by atoms with Crippen LogP contribution in [0.15, 0.2) is 40.9 Å². The number of halogens is 2. The molecule has 1 N–H and O–H groups in total. The number of anilines is 1. The van der Waals surface area contributed by atoms with Crippen LogP contribution in [-0.2, 0) is 6.54 Å². The molecule has 0 aliphatic carbocycles. The van der Waals surface area contributed by atoms with E-state index < -0.39 is 0 Å². The lowest BCUT2D eigenvalue weighted by atomic mass is 10.1. The smallest absolute Gasteiger partial charge is 0.139 e. The molecule has 106 valence electrons. The Balaban J connectivity index is 2.03. The summed E-state index contributed by atoms with van der Waals surface area (Å²) in [5, 5.41) is 3.25. The highest BCUT2D eigenvalue weighted by molar-refractivity contribution is 9.10. The molecule has 0 fully saturated rings. The molecule has 0 unspecified atom stereocenters. The normalized spacial score (nSPS) is 10.4. The summed E-state index contributed by atoms with van der Waals surface area (Å²) in [5.41, 5.74) is 2.93. The fraction of sp³-hybridized carbons (Fsp3) is 0.250. The van der Waals surface area contributed by atoms with Gasteiger partial charge in [0.05, 0.1) is 11.1 Å². The molecule has 0 saturated heterocycles. The Hall–Kier alpha value is -1.55. The van der Waals surface area contributed by atoms with Crippen LogP contribution in [0.2, 0.25) is 0 Å². The molecule has 2 aromatic rings. The lowest BCUT2D eigenvalue weighted by Gasteiger charge is -2.11. The van der Waals surface area contributed by atoms with Crippen molar-refractivity contribution in [3.8, 4) is 5.75 Å². The standard InChI is InChI=1S/C16H17BrFNO/c1-3-20-13-6-4-12(5-7-13)10-19-16-9-15(18)14(17)8-11(16)2/h4-9,19H,3,10H2,1-2H3. The fourth-order valence-corrected chi connectivity index (χ4v) is 2.36. The van der Waals surface area contributed by atoms with Crippen LogP contribution in [0.25, 0.3) is 0 Å². The van der Waals surface area contributed by atoms with E-state index in [0.717, 1.165) is 22.6 Å². The van der Waals surface area contributed by atoms with E-state index in [2.05, 4.69) is 21.2 Å². The van der Waals surface area contributed by atoms with Crippen LogP contribution < -0.4 is 10.1 Å². The third kappa shape index (κ3) is 3.73. The van der Waals surface area contributed by atoms with E-state index in [1.165, 1.54) is 6.07 Å². The maximum Gasteiger partial charge on any atom is 0.139 e. The molecule has 0 aromatic heterocycles. The third-order valence-corrected chi connectivity index (χ3v) is 3.59. The Morgan fingerprint density at radius 2 is 1.90 bits per heavy atom. The van der Waals surface area contributed by atoms with Crippen LogP contribution in [0, 0.1) is 12.7 Å². The molecule has 0 heterocycles. The van der Waals surface area contributed by atoms with Gasteiger partial charge in [0.2, 0.25) is 0 Å². The van der Waals surface area contributed by atoms with E-state index in [1.54, 1.807) is 6.07 Å². The van der Waals surface area contributed by atoms with E-state index >= 15 is 0 Å². The number of hydrogen-bond donors (Lipinski definition) is 1.